The van der Waals surface area contributed by atoms with Gasteiger partial charge in [0.15, 0.2) is 0 Å². The van der Waals surface area contributed by atoms with Crippen LogP contribution in [-0.2, 0) is 16.5 Å². The van der Waals surface area contributed by atoms with E-state index in [9.17, 15) is 18.8 Å². The first kappa shape index (κ1) is 24.2. The molecule has 0 spiro atoms. The monoisotopic (exact) mass is 461 g/mol. The van der Waals surface area contributed by atoms with Crippen molar-refractivity contribution in [1.29, 1.82) is 5.26 Å². The maximum Gasteiger partial charge on any atom is 0.328 e. The highest BCUT2D eigenvalue weighted by molar-refractivity contribution is 7.85. The SMILES string of the molecule is CCCCCC(O)c1ccc(N2CCC(C#N)C2CCCc2ccc(S(=O)(=O)O)o2)cn1. The molecule has 3 heterocycles. The summed E-state index contributed by atoms with van der Waals surface area (Å²) in [5, 5.41) is 19.5. The molecule has 3 atom stereocenters. The average Bonchev–Trinajstić information content (AvgIpc) is 3.41. The normalized spacial score (nSPS) is 19.8. The molecule has 0 amide bonds. The van der Waals surface area contributed by atoms with E-state index in [1.165, 1.54) is 6.07 Å². The molecule has 9 heteroatoms. The lowest BCUT2D eigenvalue weighted by Gasteiger charge is -2.28. The van der Waals surface area contributed by atoms with Gasteiger partial charge >= 0.3 is 10.1 Å². The third-order valence-electron chi connectivity index (χ3n) is 6.05. The number of aromatic nitrogens is 1. The Hall–Kier alpha value is -2.41. The van der Waals surface area contributed by atoms with Crippen molar-refractivity contribution in [3.63, 3.8) is 0 Å². The Labute approximate surface area is 189 Å². The number of hydrogen-bond acceptors (Lipinski definition) is 7. The molecule has 0 saturated carbocycles. The largest absolute Gasteiger partial charge is 0.447 e. The van der Waals surface area contributed by atoms with Crippen molar-refractivity contribution in [2.24, 2.45) is 5.92 Å². The van der Waals surface area contributed by atoms with Gasteiger partial charge in [0.1, 0.15) is 5.76 Å². The molecule has 8 nitrogen and oxygen atoms in total. The predicted octanol–water partition coefficient (Wildman–Crippen LogP) is 4.28. The molecule has 2 aromatic rings. The predicted molar refractivity (Wildman–Crippen MR) is 120 cm³/mol. The molecular weight excluding hydrogens is 430 g/mol. The summed E-state index contributed by atoms with van der Waals surface area (Å²) >= 11 is 0. The number of unbranched alkanes of at least 4 members (excludes halogenated alkanes) is 2. The van der Waals surface area contributed by atoms with Crippen molar-refractivity contribution < 1.29 is 22.5 Å². The van der Waals surface area contributed by atoms with Gasteiger partial charge in [-0.3, -0.25) is 9.54 Å². The third kappa shape index (κ3) is 6.09. The van der Waals surface area contributed by atoms with Gasteiger partial charge in [0.05, 0.1) is 35.7 Å². The lowest BCUT2D eigenvalue weighted by atomic mass is 9.96. The van der Waals surface area contributed by atoms with Crippen LogP contribution in [0.4, 0.5) is 5.69 Å². The van der Waals surface area contributed by atoms with Crippen molar-refractivity contribution in [1.82, 2.24) is 4.98 Å². The molecular formula is C23H31N3O5S. The highest BCUT2D eigenvalue weighted by Gasteiger charge is 2.34. The summed E-state index contributed by atoms with van der Waals surface area (Å²) in [7, 11) is -4.34. The van der Waals surface area contributed by atoms with Crippen molar-refractivity contribution in [2.45, 2.75) is 75.5 Å². The molecule has 2 N–H and O–H groups in total. The fourth-order valence-corrected chi connectivity index (χ4v) is 4.75. The summed E-state index contributed by atoms with van der Waals surface area (Å²) in [5.41, 5.74) is 1.61. The van der Waals surface area contributed by atoms with E-state index in [0.717, 1.165) is 44.3 Å². The number of rotatable bonds is 11. The molecule has 0 bridgehead atoms. The Morgan fingerprint density at radius 3 is 2.72 bits per heavy atom. The van der Waals surface area contributed by atoms with Gasteiger partial charge in [0.2, 0.25) is 5.09 Å². The summed E-state index contributed by atoms with van der Waals surface area (Å²) in [6, 6.07) is 9.05. The number of anilines is 1. The number of furan rings is 1. The Bertz CT molecular complexity index is 1010. The minimum absolute atomic E-state index is 0.0261. The van der Waals surface area contributed by atoms with Gasteiger partial charge in [-0.05, 0) is 49.9 Å². The van der Waals surface area contributed by atoms with Gasteiger partial charge in [-0.2, -0.15) is 13.7 Å². The quantitative estimate of drug-likeness (QED) is 0.375. The zero-order chi connectivity index (χ0) is 23.1. The van der Waals surface area contributed by atoms with E-state index in [1.54, 1.807) is 12.3 Å². The molecule has 2 aromatic heterocycles. The Kier molecular flexibility index (Phi) is 8.29. The van der Waals surface area contributed by atoms with Crippen molar-refractivity contribution in [3.8, 4) is 6.07 Å². The third-order valence-corrected chi connectivity index (χ3v) is 6.78. The van der Waals surface area contributed by atoms with Crippen LogP contribution in [0.5, 0.6) is 0 Å². The molecule has 1 fully saturated rings. The van der Waals surface area contributed by atoms with Crippen LogP contribution >= 0.6 is 0 Å². The number of nitrogens with zero attached hydrogens (tertiary/aromatic N) is 3. The van der Waals surface area contributed by atoms with Gasteiger partial charge < -0.3 is 14.4 Å². The van der Waals surface area contributed by atoms with Gasteiger partial charge in [-0.25, -0.2) is 0 Å². The highest BCUT2D eigenvalue weighted by atomic mass is 32.2. The topological polar surface area (TPSA) is 128 Å². The molecule has 32 heavy (non-hydrogen) atoms. The second-order valence-corrected chi connectivity index (χ2v) is 9.68. The van der Waals surface area contributed by atoms with Gasteiger partial charge in [0, 0.05) is 19.0 Å². The fraction of sp³-hybridized carbons (Fsp3) is 0.565. The van der Waals surface area contributed by atoms with Gasteiger partial charge in [-0.1, -0.05) is 26.2 Å². The summed E-state index contributed by atoms with van der Waals surface area (Å²) < 4.78 is 36.5. The minimum atomic E-state index is -4.34. The van der Waals surface area contributed by atoms with Crippen LogP contribution in [0, 0.1) is 17.2 Å². The van der Waals surface area contributed by atoms with E-state index in [4.69, 9.17) is 8.97 Å². The zero-order valence-electron chi connectivity index (χ0n) is 18.4. The lowest BCUT2D eigenvalue weighted by Crippen LogP contribution is -2.32. The van der Waals surface area contributed by atoms with E-state index < -0.39 is 21.3 Å². The molecule has 3 rings (SSSR count). The number of aryl methyl sites for hydroxylation is 1. The highest BCUT2D eigenvalue weighted by Crippen LogP contribution is 2.33. The van der Waals surface area contributed by atoms with E-state index in [1.807, 2.05) is 12.1 Å². The molecule has 0 aromatic carbocycles. The number of aliphatic hydroxyl groups is 1. The van der Waals surface area contributed by atoms with Crippen LogP contribution in [0.15, 0.2) is 40.0 Å². The van der Waals surface area contributed by atoms with E-state index >= 15 is 0 Å². The zero-order valence-corrected chi connectivity index (χ0v) is 19.2. The Morgan fingerprint density at radius 2 is 2.09 bits per heavy atom. The second-order valence-electron chi connectivity index (χ2n) is 8.33. The van der Waals surface area contributed by atoms with E-state index in [2.05, 4.69) is 22.9 Å². The molecule has 0 radical (unpaired) electrons. The summed E-state index contributed by atoms with van der Waals surface area (Å²) in [5.74, 6) is 0.387. The Morgan fingerprint density at radius 1 is 1.28 bits per heavy atom. The average molecular weight is 462 g/mol. The Balaban J connectivity index is 1.61. The lowest BCUT2D eigenvalue weighted by molar-refractivity contribution is 0.159. The van der Waals surface area contributed by atoms with Crippen molar-refractivity contribution in [3.05, 3.63) is 41.9 Å². The van der Waals surface area contributed by atoms with Crippen molar-refractivity contribution >= 4 is 15.8 Å². The number of pyridine rings is 1. The number of nitriles is 1. The standard InChI is InChI=1S/C23H31N3O5S/c1-2-3-4-8-22(27)20-11-9-18(16-25-20)26-14-13-17(15-24)21(26)7-5-6-19-10-12-23(31-19)32(28,29)30/h9-12,16-17,21-22,27H,2-8,13-14H2,1H3,(H,28,29,30). The van der Waals surface area contributed by atoms with E-state index in [0.29, 0.717) is 30.7 Å². The summed E-state index contributed by atoms with van der Waals surface area (Å²) in [6.45, 7) is 2.89. The van der Waals surface area contributed by atoms with Gasteiger partial charge in [0.25, 0.3) is 0 Å². The molecule has 3 unspecified atom stereocenters. The molecule has 0 aliphatic carbocycles. The van der Waals surface area contributed by atoms with Crippen LogP contribution in [0.3, 0.4) is 0 Å². The molecule has 1 aliphatic rings. The first-order valence-electron chi connectivity index (χ1n) is 11.2. The van der Waals surface area contributed by atoms with Crippen LogP contribution in [0.25, 0.3) is 0 Å². The number of aliphatic hydroxyl groups excluding tert-OH is 1. The second kappa shape index (κ2) is 10.9. The number of hydrogen-bond donors (Lipinski definition) is 2. The first-order chi connectivity index (χ1) is 15.3. The smallest absolute Gasteiger partial charge is 0.328 e. The molecule has 1 aliphatic heterocycles. The summed E-state index contributed by atoms with van der Waals surface area (Å²) in [4.78, 5) is 6.67. The molecule has 174 valence electrons. The van der Waals surface area contributed by atoms with Crippen LogP contribution < -0.4 is 4.90 Å². The maximum atomic E-state index is 11.1. The first-order valence-corrected chi connectivity index (χ1v) is 12.6. The summed E-state index contributed by atoms with van der Waals surface area (Å²) in [6.07, 6.45) is 7.83. The fourth-order valence-electron chi connectivity index (χ4n) is 4.30. The van der Waals surface area contributed by atoms with Gasteiger partial charge in [-0.15, -0.1) is 0 Å². The van der Waals surface area contributed by atoms with Crippen molar-refractivity contribution in [2.75, 3.05) is 11.4 Å². The minimum Gasteiger partial charge on any atom is -0.447 e. The van der Waals surface area contributed by atoms with Crippen LogP contribution in [0.2, 0.25) is 0 Å². The van der Waals surface area contributed by atoms with Crippen LogP contribution in [0.1, 0.15) is 69.4 Å². The van der Waals surface area contributed by atoms with E-state index in [-0.39, 0.29) is 12.0 Å². The molecule has 1 saturated heterocycles. The van der Waals surface area contributed by atoms with Crippen LogP contribution in [-0.4, -0.2) is 35.6 Å². The maximum absolute atomic E-state index is 11.1.